The van der Waals surface area contributed by atoms with E-state index in [0.717, 1.165) is 22.3 Å². The molecule has 158 valence electrons. The predicted octanol–water partition coefficient (Wildman–Crippen LogP) is 6.27. The molecular weight excluding hydrogens is 418 g/mol. The number of thiophene rings is 1. The van der Waals surface area contributed by atoms with E-state index < -0.39 is 6.09 Å². The molecule has 0 saturated heterocycles. The van der Waals surface area contributed by atoms with Crippen molar-refractivity contribution in [3.63, 3.8) is 0 Å². The van der Waals surface area contributed by atoms with Crippen molar-refractivity contribution in [2.24, 2.45) is 0 Å². The summed E-state index contributed by atoms with van der Waals surface area (Å²) in [6, 6.07) is 26.0. The van der Waals surface area contributed by atoms with Gasteiger partial charge in [0.2, 0.25) is 0 Å². The van der Waals surface area contributed by atoms with Crippen LogP contribution >= 0.6 is 11.3 Å². The Bertz CT molecular complexity index is 1250. The molecule has 5 heteroatoms. The number of hydrogen-bond donors (Lipinski definition) is 1. The summed E-state index contributed by atoms with van der Waals surface area (Å²) < 4.78 is 5.63. The summed E-state index contributed by atoms with van der Waals surface area (Å²) in [4.78, 5) is 24.9. The van der Waals surface area contributed by atoms with Gasteiger partial charge in [0.05, 0.1) is 0 Å². The molecule has 32 heavy (non-hydrogen) atoms. The molecule has 1 aliphatic carbocycles. The minimum Gasteiger partial charge on any atom is -0.449 e. The highest BCUT2D eigenvalue weighted by Crippen LogP contribution is 2.44. The van der Waals surface area contributed by atoms with Crippen LogP contribution in [-0.2, 0) is 11.3 Å². The van der Waals surface area contributed by atoms with Crippen LogP contribution in [0.2, 0.25) is 0 Å². The first-order valence-electron chi connectivity index (χ1n) is 10.5. The van der Waals surface area contributed by atoms with E-state index in [1.807, 2.05) is 53.9 Å². The predicted molar refractivity (Wildman–Crippen MR) is 127 cm³/mol. The zero-order valence-electron chi connectivity index (χ0n) is 17.3. The third-order valence-corrected chi connectivity index (χ3v) is 6.84. The van der Waals surface area contributed by atoms with Crippen LogP contribution in [0.25, 0.3) is 21.6 Å². The number of hydrogen-bond acceptors (Lipinski definition) is 4. The Morgan fingerprint density at radius 3 is 2.19 bits per heavy atom. The molecule has 0 unspecified atom stereocenters. The molecule has 0 fully saturated rings. The standard InChI is InChI=1S/C27H21NO3S/c29-16-19-7-1-2-8-20(19)26-18(13-14-32-26)15-28-27(30)31-17-25-23-11-5-3-9-21(23)22-10-4-6-12-24(22)25/h1-14,16,25H,15,17H2,(H,28,30). The van der Waals surface area contributed by atoms with Crippen molar-refractivity contribution in [2.45, 2.75) is 12.5 Å². The van der Waals surface area contributed by atoms with Crippen molar-refractivity contribution in [1.82, 2.24) is 5.32 Å². The molecule has 1 heterocycles. The van der Waals surface area contributed by atoms with E-state index in [0.29, 0.717) is 12.1 Å². The zero-order chi connectivity index (χ0) is 21.9. The van der Waals surface area contributed by atoms with Gasteiger partial charge < -0.3 is 10.1 Å². The lowest BCUT2D eigenvalue weighted by molar-refractivity contribution is 0.112. The van der Waals surface area contributed by atoms with Gasteiger partial charge in [0.15, 0.2) is 6.29 Å². The Morgan fingerprint density at radius 1 is 0.875 bits per heavy atom. The van der Waals surface area contributed by atoms with Gasteiger partial charge in [-0.2, -0.15) is 0 Å². The molecule has 0 aliphatic heterocycles. The van der Waals surface area contributed by atoms with E-state index in [-0.39, 0.29) is 12.5 Å². The van der Waals surface area contributed by atoms with Crippen molar-refractivity contribution in [3.05, 3.63) is 106 Å². The largest absolute Gasteiger partial charge is 0.449 e. The third kappa shape index (κ3) is 3.72. The van der Waals surface area contributed by atoms with E-state index in [1.54, 1.807) is 17.4 Å². The number of alkyl carbamates (subject to hydrolysis) is 1. The lowest BCUT2D eigenvalue weighted by Gasteiger charge is -2.15. The van der Waals surface area contributed by atoms with Gasteiger partial charge in [0.25, 0.3) is 0 Å². The van der Waals surface area contributed by atoms with E-state index in [9.17, 15) is 9.59 Å². The summed E-state index contributed by atoms with van der Waals surface area (Å²) >= 11 is 1.55. The molecule has 1 aromatic heterocycles. The van der Waals surface area contributed by atoms with Gasteiger partial charge in [0, 0.05) is 28.5 Å². The van der Waals surface area contributed by atoms with Crippen LogP contribution in [0.3, 0.4) is 0 Å². The van der Waals surface area contributed by atoms with Crippen molar-refractivity contribution >= 4 is 23.7 Å². The number of benzene rings is 3. The maximum Gasteiger partial charge on any atom is 0.407 e. The summed E-state index contributed by atoms with van der Waals surface area (Å²) in [6.07, 6.45) is 0.408. The Morgan fingerprint density at radius 2 is 1.50 bits per heavy atom. The second-order valence-corrected chi connectivity index (χ2v) is 8.58. The van der Waals surface area contributed by atoms with Gasteiger partial charge in [-0.15, -0.1) is 11.3 Å². The molecule has 4 aromatic rings. The van der Waals surface area contributed by atoms with E-state index in [4.69, 9.17) is 4.74 Å². The van der Waals surface area contributed by atoms with Crippen LogP contribution in [0.15, 0.2) is 84.2 Å². The van der Waals surface area contributed by atoms with E-state index >= 15 is 0 Å². The van der Waals surface area contributed by atoms with Crippen LogP contribution in [0.5, 0.6) is 0 Å². The highest BCUT2D eigenvalue weighted by atomic mass is 32.1. The lowest BCUT2D eigenvalue weighted by Crippen LogP contribution is -2.25. The maximum absolute atomic E-state index is 12.5. The van der Waals surface area contributed by atoms with Gasteiger partial charge >= 0.3 is 6.09 Å². The first-order chi connectivity index (χ1) is 15.8. The number of carbonyl (C=O) groups is 2. The lowest BCUT2D eigenvalue weighted by atomic mass is 9.98. The SMILES string of the molecule is O=Cc1ccccc1-c1sccc1CNC(=O)OCC1c2ccccc2-c2ccccc21. The molecule has 0 spiro atoms. The topological polar surface area (TPSA) is 55.4 Å². The average molecular weight is 440 g/mol. The molecule has 0 bridgehead atoms. The van der Waals surface area contributed by atoms with Gasteiger partial charge in [-0.25, -0.2) is 4.79 Å². The Hall–Kier alpha value is -3.70. The summed E-state index contributed by atoms with van der Waals surface area (Å²) in [5.41, 5.74) is 7.25. The van der Waals surface area contributed by atoms with E-state index in [2.05, 4.69) is 29.6 Å². The smallest absolute Gasteiger partial charge is 0.407 e. The second kappa shape index (κ2) is 8.81. The second-order valence-electron chi connectivity index (χ2n) is 7.66. The van der Waals surface area contributed by atoms with Gasteiger partial charge in [-0.05, 0) is 39.3 Å². The molecule has 1 amide bonds. The van der Waals surface area contributed by atoms with Crippen LogP contribution in [0.4, 0.5) is 4.79 Å². The molecule has 0 saturated carbocycles. The van der Waals surface area contributed by atoms with E-state index in [1.165, 1.54) is 22.3 Å². The first-order valence-corrected chi connectivity index (χ1v) is 11.3. The third-order valence-electron chi connectivity index (χ3n) is 5.85. The number of amides is 1. The minimum absolute atomic E-state index is 0.0318. The highest BCUT2D eigenvalue weighted by molar-refractivity contribution is 7.13. The molecule has 1 N–H and O–H groups in total. The fraction of sp³-hybridized carbons (Fsp3) is 0.111. The normalized spacial score (nSPS) is 12.1. The Balaban J connectivity index is 1.26. The number of rotatable bonds is 6. The van der Waals surface area contributed by atoms with Crippen molar-refractivity contribution in [1.29, 1.82) is 0 Å². The average Bonchev–Trinajstić information content (AvgIpc) is 3.44. The summed E-state index contributed by atoms with van der Waals surface area (Å²) in [5.74, 6) is 0.0318. The van der Waals surface area contributed by atoms with Crippen LogP contribution in [0, 0.1) is 0 Å². The zero-order valence-corrected chi connectivity index (χ0v) is 18.1. The number of fused-ring (bicyclic) bond motifs is 3. The van der Waals surface area contributed by atoms with Gasteiger partial charge in [-0.1, -0.05) is 72.8 Å². The summed E-state index contributed by atoms with van der Waals surface area (Å²) in [7, 11) is 0. The number of nitrogens with one attached hydrogen (secondary N) is 1. The van der Waals surface area contributed by atoms with Crippen molar-refractivity contribution in [3.8, 4) is 21.6 Å². The monoisotopic (exact) mass is 439 g/mol. The summed E-state index contributed by atoms with van der Waals surface area (Å²) in [5, 5.41) is 4.83. The van der Waals surface area contributed by atoms with Crippen molar-refractivity contribution < 1.29 is 14.3 Å². The highest BCUT2D eigenvalue weighted by Gasteiger charge is 2.29. The summed E-state index contributed by atoms with van der Waals surface area (Å²) in [6.45, 7) is 0.618. The van der Waals surface area contributed by atoms with Crippen molar-refractivity contribution in [2.75, 3.05) is 6.61 Å². The molecule has 4 nitrogen and oxygen atoms in total. The van der Waals surface area contributed by atoms with Crippen LogP contribution in [0.1, 0.15) is 33.0 Å². The molecule has 1 aliphatic rings. The fourth-order valence-electron chi connectivity index (χ4n) is 4.33. The number of aldehydes is 1. The van der Waals surface area contributed by atoms with Gasteiger partial charge in [-0.3, -0.25) is 4.79 Å². The number of carbonyl (C=O) groups excluding carboxylic acids is 2. The Kier molecular flexibility index (Phi) is 5.57. The molecule has 3 aromatic carbocycles. The molecular formula is C27H21NO3S. The maximum atomic E-state index is 12.5. The van der Waals surface area contributed by atoms with Crippen LogP contribution < -0.4 is 5.32 Å². The van der Waals surface area contributed by atoms with Crippen LogP contribution in [-0.4, -0.2) is 19.0 Å². The number of ether oxygens (including phenoxy) is 1. The fourth-order valence-corrected chi connectivity index (χ4v) is 5.31. The minimum atomic E-state index is -0.451. The molecule has 0 radical (unpaired) electrons. The quantitative estimate of drug-likeness (QED) is 0.361. The van der Waals surface area contributed by atoms with Gasteiger partial charge in [0.1, 0.15) is 6.61 Å². The molecule has 5 rings (SSSR count). The molecule has 0 atom stereocenters. The first kappa shape index (κ1) is 20.2. The Labute approximate surface area is 190 Å².